The second kappa shape index (κ2) is 9.58. The molecular weight excluding hydrogens is 351 g/mol. The van der Waals surface area contributed by atoms with Gasteiger partial charge in [-0.05, 0) is 19.3 Å². The minimum Gasteiger partial charge on any atom is -0.271 e. The summed E-state index contributed by atoms with van der Waals surface area (Å²) >= 11 is 0. The summed E-state index contributed by atoms with van der Waals surface area (Å²) in [5.41, 5.74) is 31.5. The van der Waals surface area contributed by atoms with E-state index in [1.807, 2.05) is 0 Å². The van der Waals surface area contributed by atoms with E-state index in [9.17, 15) is 13.7 Å². The molecule has 14 N–H and O–H groups in total. The van der Waals surface area contributed by atoms with Crippen molar-refractivity contribution in [3.8, 4) is 0 Å². The number of nitrogens with zero attached hydrogens (tertiary/aromatic N) is 1. The van der Waals surface area contributed by atoms with Crippen LogP contribution >= 0.6 is 22.8 Å². The van der Waals surface area contributed by atoms with Crippen LogP contribution in [0.3, 0.4) is 0 Å². The van der Waals surface area contributed by atoms with Crippen molar-refractivity contribution in [3.63, 3.8) is 0 Å². The zero-order valence-electron chi connectivity index (χ0n) is 12.4. The van der Waals surface area contributed by atoms with Gasteiger partial charge in [0.25, 0.3) is 22.8 Å². The van der Waals surface area contributed by atoms with Crippen LogP contribution in [0.5, 0.6) is 0 Å². The van der Waals surface area contributed by atoms with Crippen molar-refractivity contribution >= 4 is 22.8 Å². The molecule has 0 aromatic heterocycles. The summed E-state index contributed by atoms with van der Waals surface area (Å²) in [6.45, 7) is 1.36. The predicted octanol–water partition coefficient (Wildman–Crippen LogP) is -1.29. The molecule has 15 heteroatoms. The van der Waals surface area contributed by atoms with Crippen LogP contribution in [0.25, 0.3) is 0 Å². The first-order valence-corrected chi connectivity index (χ1v) is 12.1. The van der Waals surface area contributed by atoms with E-state index in [4.69, 9.17) is 33.0 Å². The molecule has 12 nitrogen and oxygen atoms in total. The topological polar surface area (TPSA) is 235 Å². The Morgan fingerprint density at radius 1 is 0.682 bits per heavy atom. The fourth-order valence-electron chi connectivity index (χ4n) is 1.61. The molecule has 0 saturated carbocycles. The van der Waals surface area contributed by atoms with E-state index in [-0.39, 0.29) is 6.54 Å². The SMILES string of the molecule is NP(N)(=O)NCCCCN(CCCNP(N)(N)=O)P(N)(N)=O. The van der Waals surface area contributed by atoms with Gasteiger partial charge in [-0.3, -0.25) is 46.7 Å². The van der Waals surface area contributed by atoms with Gasteiger partial charge in [-0.25, -0.2) is 14.8 Å². The van der Waals surface area contributed by atoms with E-state index in [1.165, 1.54) is 4.67 Å². The largest absolute Gasteiger partial charge is 0.276 e. The molecule has 0 heterocycles. The lowest BCUT2D eigenvalue weighted by atomic mass is 10.3. The van der Waals surface area contributed by atoms with Crippen LogP contribution in [-0.2, 0) is 13.7 Å². The van der Waals surface area contributed by atoms with E-state index in [1.54, 1.807) is 0 Å². The minimum atomic E-state index is -3.39. The number of hydrogen-bond acceptors (Lipinski definition) is 3. The van der Waals surface area contributed by atoms with Gasteiger partial charge in [-0.2, -0.15) is 0 Å². The molecule has 0 aliphatic heterocycles. The summed E-state index contributed by atoms with van der Waals surface area (Å²) < 4.78 is 35.3. The zero-order chi connectivity index (χ0) is 17.4. The highest BCUT2D eigenvalue weighted by Crippen LogP contribution is 2.32. The molecule has 0 amide bonds. The van der Waals surface area contributed by atoms with Crippen molar-refractivity contribution in [2.45, 2.75) is 19.3 Å². The molecular formula is C7H28N9O3P3. The second-order valence-electron chi connectivity index (χ2n) is 4.92. The molecule has 0 bridgehead atoms. The van der Waals surface area contributed by atoms with Gasteiger partial charge in [0.1, 0.15) is 0 Å². The van der Waals surface area contributed by atoms with Gasteiger partial charge in [-0.15, -0.1) is 0 Å². The summed E-state index contributed by atoms with van der Waals surface area (Å²) in [5.74, 6) is 0. The Hall–Kier alpha value is 0.330. The molecule has 0 aliphatic rings. The Labute approximate surface area is 130 Å². The molecule has 0 unspecified atom stereocenters. The third-order valence-corrected chi connectivity index (χ3v) is 5.32. The Morgan fingerprint density at radius 2 is 1.09 bits per heavy atom. The fraction of sp³-hybridized carbons (Fsp3) is 1.00. The highest BCUT2D eigenvalue weighted by atomic mass is 31.2. The van der Waals surface area contributed by atoms with Crippen molar-refractivity contribution in [2.75, 3.05) is 26.2 Å². The van der Waals surface area contributed by atoms with Crippen LogP contribution in [0.4, 0.5) is 0 Å². The molecule has 0 aliphatic carbocycles. The molecule has 0 radical (unpaired) electrons. The Kier molecular flexibility index (Phi) is 9.73. The average Bonchev–Trinajstić information content (AvgIpc) is 2.26. The second-order valence-corrected chi connectivity index (χ2v) is 10.3. The summed E-state index contributed by atoms with van der Waals surface area (Å²) in [4.78, 5) is 0. The maximum Gasteiger partial charge on any atom is 0.276 e. The Balaban J connectivity index is 4.08. The summed E-state index contributed by atoms with van der Waals surface area (Å²) in [6, 6.07) is 0. The lowest BCUT2D eigenvalue weighted by Crippen LogP contribution is -2.33. The van der Waals surface area contributed by atoms with E-state index < -0.39 is 22.8 Å². The predicted molar refractivity (Wildman–Crippen MR) is 89.4 cm³/mol. The van der Waals surface area contributed by atoms with Gasteiger partial charge in [0.05, 0.1) is 0 Å². The van der Waals surface area contributed by atoms with Crippen LogP contribution in [0.15, 0.2) is 0 Å². The van der Waals surface area contributed by atoms with Gasteiger partial charge < -0.3 is 0 Å². The smallest absolute Gasteiger partial charge is 0.271 e. The monoisotopic (exact) mass is 379 g/mol. The maximum atomic E-state index is 11.8. The molecule has 0 saturated heterocycles. The molecule has 0 rings (SSSR count). The highest BCUT2D eigenvalue weighted by Gasteiger charge is 2.20. The molecule has 0 atom stereocenters. The summed E-state index contributed by atoms with van der Waals surface area (Å²) in [6.07, 6.45) is 1.68. The maximum absolute atomic E-state index is 11.8. The lowest BCUT2D eigenvalue weighted by Gasteiger charge is -2.25. The first kappa shape index (κ1) is 22.3. The van der Waals surface area contributed by atoms with Crippen LogP contribution in [0.1, 0.15) is 19.3 Å². The van der Waals surface area contributed by atoms with Crippen LogP contribution in [0.2, 0.25) is 0 Å². The number of rotatable bonds is 12. The van der Waals surface area contributed by atoms with Crippen molar-refractivity contribution in [3.05, 3.63) is 0 Å². The highest BCUT2D eigenvalue weighted by molar-refractivity contribution is 7.57. The summed E-state index contributed by atoms with van der Waals surface area (Å²) in [5, 5.41) is 4.96. The zero-order valence-corrected chi connectivity index (χ0v) is 15.1. The quantitative estimate of drug-likeness (QED) is 0.146. The molecule has 22 heavy (non-hydrogen) atoms. The number of nitrogens with two attached hydrogens (primary N) is 6. The van der Waals surface area contributed by atoms with Crippen LogP contribution in [-0.4, -0.2) is 30.8 Å². The molecule has 0 aromatic carbocycles. The van der Waals surface area contributed by atoms with Gasteiger partial charge in [0.2, 0.25) is 0 Å². The number of nitrogens with one attached hydrogen (secondary N) is 2. The fourth-order valence-corrected chi connectivity index (χ4v) is 3.54. The van der Waals surface area contributed by atoms with Crippen LogP contribution in [0, 0.1) is 0 Å². The van der Waals surface area contributed by atoms with Crippen molar-refractivity contribution < 1.29 is 13.7 Å². The Morgan fingerprint density at radius 3 is 1.50 bits per heavy atom. The van der Waals surface area contributed by atoms with Crippen molar-refractivity contribution in [1.29, 1.82) is 0 Å². The molecule has 134 valence electrons. The molecule has 0 spiro atoms. The first-order chi connectivity index (χ1) is 9.81. The first-order valence-electron chi connectivity index (χ1n) is 6.58. The normalized spacial score (nSPS) is 13.8. The molecule has 0 fully saturated rings. The Bertz CT molecular complexity index is 457. The standard InChI is InChI=1S/C7H28N9O3P3/c8-20(9,17)14-4-1-2-6-16(22(12,13)19)7-3-5-15-21(10,11)18/h1-7H2,(H4,12,13,19)(H5,8,9,14,17)(H5,10,11,15,18). The number of unbranched alkanes of at least 4 members (excludes halogenated alkanes) is 1. The van der Waals surface area contributed by atoms with E-state index in [2.05, 4.69) is 10.2 Å². The lowest BCUT2D eigenvalue weighted by molar-refractivity contribution is 0.392. The van der Waals surface area contributed by atoms with Crippen molar-refractivity contribution in [2.24, 2.45) is 33.0 Å². The molecule has 0 aromatic rings. The van der Waals surface area contributed by atoms with E-state index in [0.29, 0.717) is 38.9 Å². The van der Waals surface area contributed by atoms with Crippen LogP contribution < -0.4 is 43.2 Å². The van der Waals surface area contributed by atoms with E-state index >= 15 is 0 Å². The minimum absolute atomic E-state index is 0.284. The van der Waals surface area contributed by atoms with E-state index in [0.717, 1.165) is 0 Å². The van der Waals surface area contributed by atoms with Gasteiger partial charge in [-0.1, -0.05) is 0 Å². The van der Waals surface area contributed by atoms with Gasteiger partial charge >= 0.3 is 0 Å². The van der Waals surface area contributed by atoms with Gasteiger partial charge in [0, 0.05) is 26.2 Å². The third-order valence-electron chi connectivity index (χ3n) is 2.60. The third kappa shape index (κ3) is 14.0. The summed E-state index contributed by atoms with van der Waals surface area (Å²) in [7, 11) is -9.89. The number of hydrogen-bond donors (Lipinski definition) is 8. The van der Waals surface area contributed by atoms with Gasteiger partial charge in [0.15, 0.2) is 0 Å². The average molecular weight is 379 g/mol. The van der Waals surface area contributed by atoms with Crippen molar-refractivity contribution in [1.82, 2.24) is 14.8 Å².